The van der Waals surface area contributed by atoms with Crippen LogP contribution >= 0.6 is 0 Å². The van der Waals surface area contributed by atoms with Crippen molar-refractivity contribution in [3.63, 3.8) is 0 Å². The Morgan fingerprint density at radius 3 is 2.76 bits per heavy atom. The summed E-state index contributed by atoms with van der Waals surface area (Å²) in [6.07, 6.45) is 2.88. The molecule has 0 spiro atoms. The molecule has 4 nitrogen and oxygen atoms in total. The molecule has 0 saturated heterocycles. The van der Waals surface area contributed by atoms with Gasteiger partial charge in [0.05, 0.1) is 0 Å². The van der Waals surface area contributed by atoms with Gasteiger partial charge >= 0.3 is 0 Å². The van der Waals surface area contributed by atoms with E-state index < -0.39 is 0 Å². The lowest BCUT2D eigenvalue weighted by molar-refractivity contribution is -0.118. The van der Waals surface area contributed by atoms with Gasteiger partial charge in [0.25, 0.3) is 0 Å². The van der Waals surface area contributed by atoms with Gasteiger partial charge in [-0.3, -0.25) is 9.69 Å². The highest BCUT2D eigenvalue weighted by Gasteiger charge is 2.28. The number of anilines is 1. The zero-order chi connectivity index (χ0) is 12.3. The summed E-state index contributed by atoms with van der Waals surface area (Å²) in [6, 6.07) is 8.52. The Balaban J connectivity index is 1.95. The number of primary amides is 1. The topological polar surface area (TPSA) is 72.4 Å². The first kappa shape index (κ1) is 11.9. The molecular formula is C13H19N3O. The van der Waals surface area contributed by atoms with Gasteiger partial charge < -0.3 is 11.5 Å². The van der Waals surface area contributed by atoms with Gasteiger partial charge in [0.2, 0.25) is 5.91 Å². The van der Waals surface area contributed by atoms with Crippen LogP contribution < -0.4 is 11.5 Å². The fourth-order valence-electron chi connectivity index (χ4n) is 2.01. The number of nitrogen functional groups attached to an aromatic ring is 1. The highest BCUT2D eigenvalue weighted by atomic mass is 16.1. The number of hydrogen-bond acceptors (Lipinski definition) is 3. The van der Waals surface area contributed by atoms with Crippen molar-refractivity contribution in [1.82, 2.24) is 4.90 Å². The minimum atomic E-state index is -0.233. The van der Waals surface area contributed by atoms with Crippen LogP contribution in [-0.4, -0.2) is 23.4 Å². The molecule has 1 aliphatic rings. The molecule has 17 heavy (non-hydrogen) atoms. The molecule has 0 atom stereocenters. The molecule has 1 aromatic rings. The largest absolute Gasteiger partial charge is 0.399 e. The van der Waals surface area contributed by atoms with Crippen molar-refractivity contribution in [2.45, 2.75) is 31.8 Å². The van der Waals surface area contributed by atoms with E-state index in [9.17, 15) is 4.79 Å². The van der Waals surface area contributed by atoms with Gasteiger partial charge in [-0.2, -0.15) is 0 Å². The Bertz CT molecular complexity index is 401. The highest BCUT2D eigenvalue weighted by molar-refractivity contribution is 5.73. The highest BCUT2D eigenvalue weighted by Crippen LogP contribution is 2.28. The summed E-state index contributed by atoms with van der Waals surface area (Å²) >= 11 is 0. The molecular weight excluding hydrogens is 214 g/mol. The molecule has 1 aromatic carbocycles. The molecule has 0 unspecified atom stereocenters. The third-order valence-electron chi connectivity index (χ3n) is 3.05. The Kier molecular flexibility index (Phi) is 3.64. The summed E-state index contributed by atoms with van der Waals surface area (Å²) in [5.74, 6) is -0.233. The zero-order valence-electron chi connectivity index (χ0n) is 9.93. The molecule has 4 heteroatoms. The Hall–Kier alpha value is -1.55. The first-order valence-corrected chi connectivity index (χ1v) is 6.02. The summed E-state index contributed by atoms with van der Waals surface area (Å²) in [4.78, 5) is 13.1. The number of rotatable bonds is 6. The second-order valence-electron chi connectivity index (χ2n) is 4.66. The summed E-state index contributed by atoms with van der Waals surface area (Å²) < 4.78 is 0. The lowest BCUT2D eigenvalue weighted by Gasteiger charge is -2.21. The maximum Gasteiger partial charge on any atom is 0.218 e. The van der Waals surface area contributed by atoms with Gasteiger partial charge in [-0.25, -0.2) is 0 Å². The van der Waals surface area contributed by atoms with Crippen molar-refractivity contribution in [2.24, 2.45) is 5.73 Å². The van der Waals surface area contributed by atoms with Crippen LogP contribution in [0.4, 0.5) is 5.69 Å². The van der Waals surface area contributed by atoms with E-state index in [2.05, 4.69) is 11.0 Å². The molecule has 1 fully saturated rings. The fourth-order valence-corrected chi connectivity index (χ4v) is 2.01. The Morgan fingerprint density at radius 2 is 2.18 bits per heavy atom. The minimum absolute atomic E-state index is 0.233. The smallest absolute Gasteiger partial charge is 0.218 e. The molecule has 2 rings (SSSR count). The van der Waals surface area contributed by atoms with E-state index in [1.54, 1.807) is 0 Å². The average Bonchev–Trinajstić information content (AvgIpc) is 3.07. The van der Waals surface area contributed by atoms with Gasteiger partial charge in [0, 0.05) is 31.2 Å². The average molecular weight is 233 g/mol. The van der Waals surface area contributed by atoms with Gasteiger partial charge in [-0.15, -0.1) is 0 Å². The van der Waals surface area contributed by atoms with Crippen molar-refractivity contribution in [2.75, 3.05) is 12.3 Å². The summed E-state index contributed by atoms with van der Waals surface area (Å²) in [5.41, 5.74) is 12.9. The molecule has 0 aliphatic heterocycles. The molecule has 1 amide bonds. The standard InChI is InChI=1S/C13H19N3O/c14-11-3-1-2-10(8-11)9-16(12-4-5-12)7-6-13(15)17/h1-3,8,12H,4-7,9,14H2,(H2,15,17). The van der Waals surface area contributed by atoms with Crippen LogP contribution in [0.25, 0.3) is 0 Å². The number of carbonyl (C=O) groups is 1. The van der Waals surface area contributed by atoms with Crippen LogP contribution in [0.2, 0.25) is 0 Å². The molecule has 0 bridgehead atoms. The fraction of sp³-hybridized carbons (Fsp3) is 0.462. The minimum Gasteiger partial charge on any atom is -0.399 e. The van der Waals surface area contributed by atoms with Crippen molar-refractivity contribution in [3.05, 3.63) is 29.8 Å². The third kappa shape index (κ3) is 3.75. The SMILES string of the molecule is NC(=O)CCN(Cc1cccc(N)c1)C1CC1. The van der Waals surface area contributed by atoms with E-state index in [1.807, 2.05) is 18.2 Å². The van der Waals surface area contributed by atoms with E-state index >= 15 is 0 Å². The van der Waals surface area contributed by atoms with Crippen LogP contribution in [0, 0.1) is 0 Å². The zero-order valence-corrected chi connectivity index (χ0v) is 9.93. The number of nitrogens with two attached hydrogens (primary N) is 2. The van der Waals surface area contributed by atoms with E-state index in [1.165, 1.54) is 18.4 Å². The quantitative estimate of drug-likeness (QED) is 0.723. The lowest BCUT2D eigenvalue weighted by atomic mass is 10.2. The van der Waals surface area contributed by atoms with Gasteiger partial charge in [0.15, 0.2) is 0 Å². The number of hydrogen-bond donors (Lipinski definition) is 2. The molecule has 1 saturated carbocycles. The maximum atomic E-state index is 10.8. The number of nitrogens with zero attached hydrogens (tertiary/aromatic N) is 1. The predicted octanol–water partition coefficient (Wildman–Crippen LogP) is 1.11. The summed E-state index contributed by atoms with van der Waals surface area (Å²) in [6.45, 7) is 1.60. The van der Waals surface area contributed by atoms with Crippen LogP contribution in [0.3, 0.4) is 0 Å². The first-order valence-electron chi connectivity index (χ1n) is 6.02. The monoisotopic (exact) mass is 233 g/mol. The maximum absolute atomic E-state index is 10.8. The summed E-state index contributed by atoms with van der Waals surface area (Å²) in [5, 5.41) is 0. The second-order valence-corrected chi connectivity index (χ2v) is 4.66. The molecule has 0 heterocycles. The Labute approximate surface area is 102 Å². The number of carbonyl (C=O) groups excluding carboxylic acids is 1. The predicted molar refractivity (Wildman–Crippen MR) is 68.1 cm³/mol. The van der Waals surface area contributed by atoms with Crippen molar-refractivity contribution >= 4 is 11.6 Å². The van der Waals surface area contributed by atoms with Crippen molar-refractivity contribution < 1.29 is 4.79 Å². The molecule has 0 radical (unpaired) electrons. The molecule has 4 N–H and O–H groups in total. The van der Waals surface area contributed by atoms with E-state index in [0.717, 1.165) is 18.8 Å². The molecule has 0 aromatic heterocycles. The molecule has 92 valence electrons. The molecule has 1 aliphatic carbocycles. The van der Waals surface area contributed by atoms with Gasteiger partial charge in [-0.1, -0.05) is 12.1 Å². The van der Waals surface area contributed by atoms with Gasteiger partial charge in [-0.05, 0) is 30.5 Å². The van der Waals surface area contributed by atoms with Crippen LogP contribution in [0.5, 0.6) is 0 Å². The van der Waals surface area contributed by atoms with E-state index in [4.69, 9.17) is 11.5 Å². The van der Waals surface area contributed by atoms with Crippen LogP contribution in [-0.2, 0) is 11.3 Å². The number of benzene rings is 1. The van der Waals surface area contributed by atoms with Crippen molar-refractivity contribution in [1.29, 1.82) is 0 Å². The lowest BCUT2D eigenvalue weighted by Crippen LogP contribution is -2.29. The normalized spacial score (nSPS) is 15.1. The Morgan fingerprint density at radius 1 is 1.41 bits per heavy atom. The van der Waals surface area contributed by atoms with Crippen LogP contribution in [0.15, 0.2) is 24.3 Å². The number of amides is 1. The van der Waals surface area contributed by atoms with Crippen LogP contribution in [0.1, 0.15) is 24.8 Å². The summed E-state index contributed by atoms with van der Waals surface area (Å²) in [7, 11) is 0. The van der Waals surface area contributed by atoms with E-state index in [0.29, 0.717) is 12.5 Å². The third-order valence-corrected chi connectivity index (χ3v) is 3.05. The van der Waals surface area contributed by atoms with Gasteiger partial charge in [0.1, 0.15) is 0 Å². The van der Waals surface area contributed by atoms with Crippen molar-refractivity contribution in [3.8, 4) is 0 Å². The first-order chi connectivity index (χ1) is 8.15. The second kappa shape index (κ2) is 5.19. The van der Waals surface area contributed by atoms with E-state index in [-0.39, 0.29) is 5.91 Å².